The summed E-state index contributed by atoms with van der Waals surface area (Å²) in [4.78, 5) is 25.7. The molecule has 122 valence electrons. The average molecular weight is 328 g/mol. The van der Waals surface area contributed by atoms with Crippen LogP contribution < -0.4 is 10.6 Å². The van der Waals surface area contributed by atoms with Crippen molar-refractivity contribution in [3.05, 3.63) is 29.8 Å². The van der Waals surface area contributed by atoms with Crippen molar-refractivity contribution in [1.82, 2.24) is 10.2 Å². The summed E-state index contributed by atoms with van der Waals surface area (Å²) in [5.74, 6) is -0.262. The van der Waals surface area contributed by atoms with Crippen LogP contribution in [0.3, 0.4) is 0 Å². The summed E-state index contributed by atoms with van der Waals surface area (Å²) in [5, 5.41) is 6.04. The molecule has 0 bridgehead atoms. The van der Waals surface area contributed by atoms with Gasteiger partial charge in [-0.15, -0.1) is 12.4 Å². The number of nitrogens with one attached hydrogen (secondary N) is 2. The van der Waals surface area contributed by atoms with Crippen LogP contribution in [0.1, 0.15) is 16.8 Å². The highest BCUT2D eigenvalue weighted by atomic mass is 35.5. The monoisotopic (exact) mass is 327 g/mol. The Balaban J connectivity index is 0.00000242. The molecule has 0 aliphatic carbocycles. The SMILES string of the molecule is CN(C)C(=O)c1ccccc1NC(=O)CC1COCCN1.Cl. The van der Waals surface area contributed by atoms with Gasteiger partial charge in [-0.2, -0.15) is 0 Å². The molecular formula is C15H22ClN3O3. The molecule has 2 N–H and O–H groups in total. The van der Waals surface area contributed by atoms with E-state index < -0.39 is 0 Å². The first kappa shape index (κ1) is 18.4. The maximum atomic E-state index is 12.1. The quantitative estimate of drug-likeness (QED) is 0.869. The van der Waals surface area contributed by atoms with Gasteiger partial charge in [-0.3, -0.25) is 9.59 Å². The van der Waals surface area contributed by atoms with Gasteiger partial charge in [0.25, 0.3) is 5.91 Å². The van der Waals surface area contributed by atoms with Gasteiger partial charge >= 0.3 is 0 Å². The van der Waals surface area contributed by atoms with Crippen molar-refractivity contribution < 1.29 is 14.3 Å². The highest BCUT2D eigenvalue weighted by Gasteiger charge is 2.19. The van der Waals surface area contributed by atoms with Gasteiger partial charge in [0.1, 0.15) is 0 Å². The van der Waals surface area contributed by atoms with Gasteiger partial charge in [0.05, 0.1) is 24.5 Å². The zero-order valence-corrected chi connectivity index (χ0v) is 13.6. The number of anilines is 1. The van der Waals surface area contributed by atoms with E-state index in [0.717, 1.165) is 6.54 Å². The minimum absolute atomic E-state index is 0. The van der Waals surface area contributed by atoms with Crippen LogP contribution >= 0.6 is 12.4 Å². The Labute approximate surface area is 136 Å². The number of hydrogen-bond donors (Lipinski definition) is 2. The Bertz CT molecular complexity index is 517. The molecule has 1 saturated heterocycles. The molecule has 2 rings (SSSR count). The van der Waals surface area contributed by atoms with Crippen LogP contribution in [0.5, 0.6) is 0 Å². The van der Waals surface area contributed by atoms with Crippen LogP contribution in [0, 0.1) is 0 Å². The summed E-state index contributed by atoms with van der Waals surface area (Å²) in [7, 11) is 3.37. The molecule has 0 saturated carbocycles. The first-order chi connectivity index (χ1) is 10.1. The van der Waals surface area contributed by atoms with Gasteiger partial charge in [0, 0.05) is 33.1 Å². The normalized spacial score (nSPS) is 17.3. The van der Waals surface area contributed by atoms with Gasteiger partial charge in [-0.05, 0) is 12.1 Å². The van der Waals surface area contributed by atoms with E-state index in [4.69, 9.17) is 4.74 Å². The number of amides is 2. The third kappa shape index (κ3) is 4.98. The van der Waals surface area contributed by atoms with Crippen molar-refractivity contribution in [3.8, 4) is 0 Å². The van der Waals surface area contributed by atoms with Gasteiger partial charge in [-0.1, -0.05) is 12.1 Å². The van der Waals surface area contributed by atoms with Gasteiger partial charge in [0.2, 0.25) is 5.91 Å². The molecule has 6 nitrogen and oxygen atoms in total. The largest absolute Gasteiger partial charge is 0.378 e. The van der Waals surface area contributed by atoms with Gasteiger partial charge < -0.3 is 20.3 Å². The topological polar surface area (TPSA) is 70.7 Å². The van der Waals surface area contributed by atoms with Crippen LogP contribution in [-0.4, -0.2) is 56.6 Å². The summed E-state index contributed by atoms with van der Waals surface area (Å²) in [5.41, 5.74) is 1.03. The molecular weight excluding hydrogens is 306 g/mol. The predicted octanol–water partition coefficient (Wildman–Crippen LogP) is 1.13. The second-order valence-corrected chi connectivity index (χ2v) is 5.22. The fourth-order valence-electron chi connectivity index (χ4n) is 2.20. The molecule has 7 heteroatoms. The Hall–Kier alpha value is -1.63. The van der Waals surface area contributed by atoms with E-state index in [-0.39, 0.29) is 30.3 Å². The number of nitrogens with zero attached hydrogens (tertiary/aromatic N) is 1. The zero-order chi connectivity index (χ0) is 15.2. The lowest BCUT2D eigenvalue weighted by atomic mass is 10.1. The highest BCUT2D eigenvalue weighted by Crippen LogP contribution is 2.17. The summed E-state index contributed by atoms with van der Waals surface area (Å²) < 4.78 is 5.32. The Kier molecular flexibility index (Phi) is 7.31. The average Bonchev–Trinajstić information content (AvgIpc) is 2.48. The van der Waals surface area contributed by atoms with Gasteiger partial charge in [-0.25, -0.2) is 0 Å². The first-order valence-electron chi connectivity index (χ1n) is 6.99. The molecule has 1 fully saturated rings. The molecule has 0 aromatic heterocycles. The molecule has 1 aliphatic rings. The standard InChI is InChI=1S/C15H21N3O3.ClH/c1-18(2)15(20)12-5-3-4-6-13(12)17-14(19)9-11-10-21-8-7-16-11;/h3-6,11,16H,7-10H2,1-2H3,(H,17,19);1H. The van der Waals surface area contributed by atoms with Crippen LogP contribution in [0.15, 0.2) is 24.3 Å². The number of carbonyl (C=O) groups excluding carboxylic acids is 2. The van der Waals surface area contributed by atoms with Crippen molar-refractivity contribution in [2.75, 3.05) is 39.2 Å². The fourth-order valence-corrected chi connectivity index (χ4v) is 2.20. The number of para-hydroxylation sites is 1. The van der Waals surface area contributed by atoms with E-state index in [2.05, 4.69) is 10.6 Å². The van der Waals surface area contributed by atoms with Crippen molar-refractivity contribution in [2.45, 2.75) is 12.5 Å². The number of benzene rings is 1. The Morgan fingerprint density at radius 2 is 2.09 bits per heavy atom. The lowest BCUT2D eigenvalue weighted by molar-refractivity contribution is -0.117. The molecule has 1 unspecified atom stereocenters. The predicted molar refractivity (Wildman–Crippen MR) is 87.6 cm³/mol. The number of halogens is 1. The molecule has 2 amide bonds. The third-order valence-corrected chi connectivity index (χ3v) is 3.27. The number of carbonyl (C=O) groups is 2. The Morgan fingerprint density at radius 1 is 1.36 bits per heavy atom. The van der Waals surface area contributed by atoms with Crippen molar-refractivity contribution in [1.29, 1.82) is 0 Å². The molecule has 1 heterocycles. The van der Waals surface area contributed by atoms with Crippen molar-refractivity contribution >= 4 is 29.9 Å². The number of hydrogen-bond acceptors (Lipinski definition) is 4. The van der Waals surface area contributed by atoms with Crippen molar-refractivity contribution in [3.63, 3.8) is 0 Å². The van der Waals surface area contributed by atoms with E-state index in [9.17, 15) is 9.59 Å². The van der Waals surface area contributed by atoms with E-state index in [1.54, 1.807) is 38.4 Å². The van der Waals surface area contributed by atoms with E-state index in [1.807, 2.05) is 0 Å². The molecule has 1 atom stereocenters. The number of ether oxygens (including phenoxy) is 1. The fraction of sp³-hybridized carbons (Fsp3) is 0.467. The maximum absolute atomic E-state index is 12.1. The van der Waals surface area contributed by atoms with E-state index >= 15 is 0 Å². The summed E-state index contributed by atoms with van der Waals surface area (Å²) in [6.45, 7) is 1.97. The molecule has 1 aliphatic heterocycles. The summed E-state index contributed by atoms with van der Waals surface area (Å²) in [6, 6.07) is 7.04. The van der Waals surface area contributed by atoms with Gasteiger partial charge in [0.15, 0.2) is 0 Å². The van der Waals surface area contributed by atoms with E-state index in [1.165, 1.54) is 4.90 Å². The smallest absolute Gasteiger partial charge is 0.255 e. The van der Waals surface area contributed by atoms with Crippen LogP contribution in [0.4, 0.5) is 5.69 Å². The maximum Gasteiger partial charge on any atom is 0.255 e. The second kappa shape index (κ2) is 8.73. The molecule has 0 radical (unpaired) electrons. The van der Waals surface area contributed by atoms with Crippen LogP contribution in [0.25, 0.3) is 0 Å². The van der Waals surface area contributed by atoms with Crippen LogP contribution in [0.2, 0.25) is 0 Å². The zero-order valence-electron chi connectivity index (χ0n) is 12.8. The lowest BCUT2D eigenvalue weighted by Gasteiger charge is -2.23. The number of rotatable bonds is 4. The second-order valence-electron chi connectivity index (χ2n) is 5.22. The molecule has 0 spiro atoms. The summed E-state index contributed by atoms with van der Waals surface area (Å²) in [6.07, 6.45) is 0.324. The van der Waals surface area contributed by atoms with Crippen molar-refractivity contribution in [2.24, 2.45) is 0 Å². The Morgan fingerprint density at radius 3 is 2.73 bits per heavy atom. The summed E-state index contributed by atoms with van der Waals surface area (Å²) >= 11 is 0. The van der Waals surface area contributed by atoms with Crippen LogP contribution in [-0.2, 0) is 9.53 Å². The highest BCUT2D eigenvalue weighted by molar-refractivity contribution is 6.03. The van der Waals surface area contributed by atoms with E-state index in [0.29, 0.717) is 30.9 Å². The third-order valence-electron chi connectivity index (χ3n) is 3.27. The molecule has 1 aromatic carbocycles. The minimum atomic E-state index is -0.134. The molecule has 1 aromatic rings. The molecule has 22 heavy (non-hydrogen) atoms. The lowest BCUT2D eigenvalue weighted by Crippen LogP contribution is -2.43. The minimum Gasteiger partial charge on any atom is -0.378 e. The first-order valence-corrected chi connectivity index (χ1v) is 6.99. The number of morpholine rings is 1.